The van der Waals surface area contributed by atoms with Crippen molar-refractivity contribution < 1.29 is 28.1 Å². The standard InChI is InChI=1S/C26H29FN4O5/c1-2-33-13-14-36-26-29-25(19-5-3-6-20(27)15-19)31(30-26)22-10-8-21(9-11-22)28-16-23(32)17-34-18-24-7-4-12-35-24/h3-12,15,23,28,32H,2,13-14,16-18H2,1H3. The van der Waals surface area contributed by atoms with Crippen molar-refractivity contribution in [2.75, 3.05) is 38.3 Å². The third kappa shape index (κ3) is 7.14. The number of furan rings is 1. The highest BCUT2D eigenvalue weighted by Gasteiger charge is 2.16. The van der Waals surface area contributed by atoms with Gasteiger partial charge in [0.15, 0.2) is 5.82 Å². The lowest BCUT2D eigenvalue weighted by molar-refractivity contribution is 0.0282. The van der Waals surface area contributed by atoms with E-state index in [4.69, 9.17) is 18.6 Å². The van der Waals surface area contributed by atoms with Crippen molar-refractivity contribution >= 4 is 5.69 Å². The predicted octanol–water partition coefficient (Wildman–Crippen LogP) is 4.07. The van der Waals surface area contributed by atoms with E-state index in [9.17, 15) is 9.50 Å². The Kier molecular flexibility index (Phi) is 9.03. The van der Waals surface area contributed by atoms with Crippen molar-refractivity contribution in [2.45, 2.75) is 19.6 Å². The van der Waals surface area contributed by atoms with E-state index in [1.165, 1.54) is 12.1 Å². The third-order valence-electron chi connectivity index (χ3n) is 5.12. The smallest absolute Gasteiger partial charge is 0.336 e. The van der Waals surface area contributed by atoms with E-state index in [1.54, 1.807) is 29.1 Å². The first-order chi connectivity index (χ1) is 17.6. The van der Waals surface area contributed by atoms with Gasteiger partial charge in [-0.05, 0) is 55.5 Å². The second-order valence-corrected chi connectivity index (χ2v) is 7.86. The molecule has 0 saturated carbocycles. The Morgan fingerprint density at radius 2 is 1.94 bits per heavy atom. The first-order valence-electron chi connectivity index (χ1n) is 11.7. The number of hydrogen-bond acceptors (Lipinski definition) is 8. The zero-order valence-corrected chi connectivity index (χ0v) is 20.0. The maximum absolute atomic E-state index is 13.9. The molecule has 36 heavy (non-hydrogen) atoms. The van der Waals surface area contributed by atoms with Gasteiger partial charge in [-0.3, -0.25) is 0 Å². The molecule has 0 amide bonds. The van der Waals surface area contributed by atoms with Gasteiger partial charge in [0.25, 0.3) is 0 Å². The molecule has 0 aliphatic heterocycles. The zero-order valence-electron chi connectivity index (χ0n) is 20.0. The lowest BCUT2D eigenvalue weighted by Crippen LogP contribution is -2.24. The Balaban J connectivity index is 1.40. The molecule has 0 saturated heterocycles. The van der Waals surface area contributed by atoms with Crippen molar-refractivity contribution in [3.8, 4) is 23.1 Å². The Hall–Kier alpha value is -3.73. The second kappa shape index (κ2) is 12.8. The van der Waals surface area contributed by atoms with E-state index in [2.05, 4.69) is 15.4 Å². The Labute approximate surface area is 208 Å². The molecule has 0 aliphatic carbocycles. The topological polar surface area (TPSA) is 104 Å². The van der Waals surface area contributed by atoms with Crippen molar-refractivity contribution in [3.63, 3.8) is 0 Å². The molecule has 9 nitrogen and oxygen atoms in total. The highest BCUT2D eigenvalue weighted by molar-refractivity contribution is 5.59. The van der Waals surface area contributed by atoms with Crippen LogP contribution in [0.3, 0.4) is 0 Å². The fourth-order valence-corrected chi connectivity index (χ4v) is 3.39. The molecule has 1 unspecified atom stereocenters. The first-order valence-corrected chi connectivity index (χ1v) is 11.7. The van der Waals surface area contributed by atoms with Crippen LogP contribution in [0.25, 0.3) is 17.1 Å². The summed E-state index contributed by atoms with van der Waals surface area (Å²) in [5.41, 5.74) is 2.10. The molecule has 10 heteroatoms. The minimum absolute atomic E-state index is 0.174. The van der Waals surface area contributed by atoms with Crippen molar-refractivity contribution in [2.24, 2.45) is 0 Å². The van der Waals surface area contributed by atoms with Crippen LogP contribution in [0.2, 0.25) is 0 Å². The molecule has 190 valence electrons. The molecule has 1 atom stereocenters. The van der Waals surface area contributed by atoms with Crippen LogP contribution < -0.4 is 10.1 Å². The van der Waals surface area contributed by atoms with E-state index in [-0.39, 0.29) is 18.4 Å². The van der Waals surface area contributed by atoms with Gasteiger partial charge in [-0.25, -0.2) is 9.07 Å². The minimum atomic E-state index is -0.689. The zero-order chi connectivity index (χ0) is 25.2. The molecule has 0 spiro atoms. The summed E-state index contributed by atoms with van der Waals surface area (Å²) in [6.45, 7) is 4.01. The lowest BCUT2D eigenvalue weighted by Gasteiger charge is -2.13. The highest BCUT2D eigenvalue weighted by Crippen LogP contribution is 2.25. The molecule has 2 aromatic heterocycles. The van der Waals surface area contributed by atoms with Crippen molar-refractivity contribution in [3.05, 3.63) is 78.5 Å². The summed E-state index contributed by atoms with van der Waals surface area (Å²) in [6.07, 6.45) is 0.892. The number of halogens is 1. The number of nitrogens with zero attached hydrogens (tertiary/aromatic N) is 3. The molecule has 0 fully saturated rings. The molecular weight excluding hydrogens is 467 g/mol. The number of benzene rings is 2. The number of aliphatic hydroxyl groups excluding tert-OH is 1. The summed E-state index contributed by atoms with van der Waals surface area (Å²) in [7, 11) is 0. The van der Waals surface area contributed by atoms with Crippen LogP contribution in [0.15, 0.2) is 71.3 Å². The summed E-state index contributed by atoms with van der Waals surface area (Å²) in [5, 5.41) is 17.8. The summed E-state index contributed by atoms with van der Waals surface area (Å²) < 4.78 is 37.1. The number of rotatable bonds is 14. The van der Waals surface area contributed by atoms with Crippen LogP contribution in [0.1, 0.15) is 12.7 Å². The number of anilines is 1. The number of ether oxygens (including phenoxy) is 3. The average molecular weight is 497 g/mol. The third-order valence-corrected chi connectivity index (χ3v) is 5.12. The number of hydrogen-bond donors (Lipinski definition) is 2. The fourth-order valence-electron chi connectivity index (χ4n) is 3.39. The SMILES string of the molecule is CCOCCOc1nc(-c2cccc(F)c2)n(-c2ccc(NCC(O)COCc3ccco3)cc2)n1. The van der Waals surface area contributed by atoms with Gasteiger partial charge >= 0.3 is 6.01 Å². The molecule has 0 aliphatic rings. The normalized spacial score (nSPS) is 12.0. The van der Waals surface area contributed by atoms with Crippen molar-refractivity contribution in [1.82, 2.24) is 14.8 Å². The number of aromatic nitrogens is 3. The maximum atomic E-state index is 13.9. The Bertz CT molecular complexity index is 1200. The summed E-state index contributed by atoms with van der Waals surface area (Å²) >= 11 is 0. The predicted molar refractivity (Wildman–Crippen MR) is 132 cm³/mol. The monoisotopic (exact) mass is 496 g/mol. The molecule has 4 rings (SSSR count). The first kappa shape index (κ1) is 25.4. The van der Waals surface area contributed by atoms with E-state index >= 15 is 0 Å². The molecule has 2 heterocycles. The molecule has 2 aromatic carbocycles. The fraction of sp³-hybridized carbons (Fsp3) is 0.308. The van der Waals surface area contributed by atoms with E-state index in [1.807, 2.05) is 37.3 Å². The van der Waals surface area contributed by atoms with Gasteiger partial charge in [0.1, 0.15) is 24.8 Å². The number of nitrogens with one attached hydrogen (secondary N) is 1. The average Bonchev–Trinajstić information content (AvgIpc) is 3.56. The van der Waals surface area contributed by atoms with Gasteiger partial charge in [-0.15, -0.1) is 5.10 Å². The van der Waals surface area contributed by atoms with Crippen LogP contribution in [-0.4, -0.2) is 58.9 Å². The van der Waals surface area contributed by atoms with Gasteiger partial charge in [-0.1, -0.05) is 12.1 Å². The van der Waals surface area contributed by atoms with E-state index in [0.717, 1.165) is 5.69 Å². The van der Waals surface area contributed by atoms with E-state index < -0.39 is 6.10 Å². The van der Waals surface area contributed by atoms with Gasteiger partial charge in [-0.2, -0.15) is 4.98 Å². The molecule has 0 radical (unpaired) electrons. The van der Waals surface area contributed by atoms with E-state index in [0.29, 0.717) is 55.8 Å². The molecule has 0 bridgehead atoms. The Morgan fingerprint density at radius 3 is 2.69 bits per heavy atom. The van der Waals surface area contributed by atoms with Crippen molar-refractivity contribution in [1.29, 1.82) is 0 Å². The second-order valence-electron chi connectivity index (χ2n) is 7.86. The number of aliphatic hydroxyl groups is 1. The van der Waals surface area contributed by atoms with Crippen LogP contribution in [0.4, 0.5) is 10.1 Å². The van der Waals surface area contributed by atoms with Gasteiger partial charge in [0.05, 0.1) is 31.3 Å². The van der Waals surface area contributed by atoms with Gasteiger partial charge in [0, 0.05) is 24.4 Å². The molecule has 2 N–H and O–H groups in total. The molecular formula is C26H29FN4O5. The minimum Gasteiger partial charge on any atom is -0.467 e. The summed E-state index contributed by atoms with van der Waals surface area (Å²) in [5.74, 6) is 0.789. The summed E-state index contributed by atoms with van der Waals surface area (Å²) in [4.78, 5) is 4.46. The quantitative estimate of drug-likeness (QED) is 0.252. The lowest BCUT2D eigenvalue weighted by atomic mass is 10.2. The van der Waals surface area contributed by atoms with Crippen LogP contribution in [-0.2, 0) is 16.1 Å². The van der Waals surface area contributed by atoms with Crippen LogP contribution >= 0.6 is 0 Å². The highest BCUT2D eigenvalue weighted by atomic mass is 19.1. The van der Waals surface area contributed by atoms with Gasteiger partial charge in [0.2, 0.25) is 0 Å². The Morgan fingerprint density at radius 1 is 1.08 bits per heavy atom. The van der Waals surface area contributed by atoms with Crippen LogP contribution in [0.5, 0.6) is 6.01 Å². The largest absolute Gasteiger partial charge is 0.467 e. The maximum Gasteiger partial charge on any atom is 0.336 e. The van der Waals surface area contributed by atoms with Gasteiger partial charge < -0.3 is 29.1 Å². The van der Waals surface area contributed by atoms with Crippen LogP contribution in [0, 0.1) is 5.82 Å². The molecule has 4 aromatic rings. The summed E-state index contributed by atoms with van der Waals surface area (Å²) in [6, 6.07) is 17.4.